The topological polar surface area (TPSA) is 77.2 Å². The summed E-state index contributed by atoms with van der Waals surface area (Å²) < 4.78 is 32.5. The Kier molecular flexibility index (Phi) is 6.44. The van der Waals surface area contributed by atoms with Gasteiger partial charge in [-0.05, 0) is 35.9 Å². The summed E-state index contributed by atoms with van der Waals surface area (Å²) in [7, 11) is 0. The molecule has 0 aliphatic rings. The third-order valence-electron chi connectivity index (χ3n) is 3.61. The van der Waals surface area contributed by atoms with Crippen LogP contribution in [-0.2, 0) is 10.5 Å². The number of hydrogen-bond acceptors (Lipinski definition) is 5. The van der Waals surface area contributed by atoms with Crippen LogP contribution < -0.4 is 15.8 Å². The Morgan fingerprint density at radius 1 is 1.11 bits per heavy atom. The van der Waals surface area contributed by atoms with Crippen molar-refractivity contribution < 1.29 is 18.3 Å². The van der Waals surface area contributed by atoms with E-state index in [0.717, 1.165) is 5.56 Å². The Balaban J connectivity index is 1.52. The number of nitrogen functional groups attached to an aromatic ring is 1. The number of halogens is 2. The summed E-state index contributed by atoms with van der Waals surface area (Å²) in [6.07, 6.45) is 1.46. The van der Waals surface area contributed by atoms with Crippen molar-refractivity contribution >= 4 is 29.2 Å². The highest BCUT2D eigenvalue weighted by Gasteiger charge is 2.09. The van der Waals surface area contributed by atoms with E-state index in [4.69, 9.17) is 10.5 Å². The van der Waals surface area contributed by atoms with E-state index in [1.165, 1.54) is 48.3 Å². The van der Waals surface area contributed by atoms with Gasteiger partial charge in [-0.25, -0.2) is 13.8 Å². The van der Waals surface area contributed by atoms with Crippen molar-refractivity contribution in [3.05, 3.63) is 78.0 Å². The molecule has 1 aromatic heterocycles. The molecule has 1 heterocycles. The summed E-state index contributed by atoms with van der Waals surface area (Å²) in [5.74, 6) is 0.217. The first kappa shape index (κ1) is 19.6. The van der Waals surface area contributed by atoms with Crippen molar-refractivity contribution in [2.75, 3.05) is 16.8 Å². The van der Waals surface area contributed by atoms with E-state index >= 15 is 0 Å². The number of thioether (sulfide) groups is 1. The second kappa shape index (κ2) is 9.18. The SMILES string of the molecule is Nc1cc(Oc2ccc(NC(=O)CSCc3ccc(F)cc3)cc2F)ccn1. The van der Waals surface area contributed by atoms with Gasteiger partial charge in [0.15, 0.2) is 11.6 Å². The number of benzene rings is 2. The van der Waals surface area contributed by atoms with Gasteiger partial charge in [-0.2, -0.15) is 0 Å². The van der Waals surface area contributed by atoms with E-state index in [0.29, 0.717) is 17.2 Å². The first-order valence-corrected chi connectivity index (χ1v) is 9.46. The Labute approximate surface area is 164 Å². The molecule has 0 bridgehead atoms. The molecule has 28 heavy (non-hydrogen) atoms. The van der Waals surface area contributed by atoms with Gasteiger partial charge in [0.1, 0.15) is 17.4 Å². The van der Waals surface area contributed by atoms with Gasteiger partial charge in [0.25, 0.3) is 0 Å². The van der Waals surface area contributed by atoms with Crippen molar-refractivity contribution in [2.45, 2.75) is 5.75 Å². The number of amides is 1. The van der Waals surface area contributed by atoms with Gasteiger partial charge in [-0.15, -0.1) is 11.8 Å². The van der Waals surface area contributed by atoms with Crippen LogP contribution in [0, 0.1) is 11.6 Å². The number of carbonyl (C=O) groups excluding carboxylic acids is 1. The number of rotatable bonds is 7. The van der Waals surface area contributed by atoms with Gasteiger partial charge in [0.05, 0.1) is 5.75 Å². The zero-order chi connectivity index (χ0) is 19.9. The molecule has 3 N–H and O–H groups in total. The number of ether oxygens (including phenoxy) is 1. The number of anilines is 2. The van der Waals surface area contributed by atoms with Gasteiger partial charge >= 0.3 is 0 Å². The van der Waals surface area contributed by atoms with Gasteiger partial charge in [0, 0.05) is 29.8 Å². The minimum Gasteiger partial charge on any atom is -0.454 e. The van der Waals surface area contributed by atoms with Crippen molar-refractivity contribution in [2.24, 2.45) is 0 Å². The highest BCUT2D eigenvalue weighted by Crippen LogP contribution is 2.27. The Bertz CT molecular complexity index is 968. The average Bonchev–Trinajstić information content (AvgIpc) is 2.66. The maximum atomic E-state index is 14.2. The van der Waals surface area contributed by atoms with Crippen LogP contribution in [0.4, 0.5) is 20.3 Å². The standard InChI is InChI=1S/C20H17F2N3O2S/c21-14-3-1-13(2-4-14)11-28-12-20(26)25-15-5-6-18(17(22)9-15)27-16-7-8-24-19(23)10-16/h1-10H,11-12H2,(H2,23,24)(H,25,26). The molecule has 0 atom stereocenters. The molecular formula is C20H17F2N3O2S. The van der Waals surface area contributed by atoms with Crippen molar-refractivity contribution in [1.29, 1.82) is 0 Å². The summed E-state index contributed by atoms with van der Waals surface area (Å²) in [4.78, 5) is 15.9. The van der Waals surface area contributed by atoms with E-state index in [-0.39, 0.29) is 29.0 Å². The Morgan fingerprint density at radius 3 is 2.61 bits per heavy atom. The molecule has 144 valence electrons. The van der Waals surface area contributed by atoms with Gasteiger partial charge < -0.3 is 15.8 Å². The van der Waals surface area contributed by atoms with Crippen LogP contribution in [0.25, 0.3) is 0 Å². The van der Waals surface area contributed by atoms with E-state index in [1.54, 1.807) is 24.3 Å². The second-order valence-electron chi connectivity index (χ2n) is 5.83. The first-order chi connectivity index (χ1) is 13.5. The van der Waals surface area contributed by atoms with Crippen LogP contribution in [0.2, 0.25) is 0 Å². The number of aromatic nitrogens is 1. The molecule has 0 saturated carbocycles. The molecule has 0 fully saturated rings. The average molecular weight is 401 g/mol. The molecule has 0 aliphatic heterocycles. The lowest BCUT2D eigenvalue weighted by molar-refractivity contribution is -0.113. The summed E-state index contributed by atoms with van der Waals surface area (Å²) in [6.45, 7) is 0. The monoisotopic (exact) mass is 401 g/mol. The van der Waals surface area contributed by atoms with Crippen LogP contribution in [0.3, 0.4) is 0 Å². The number of nitrogens with zero attached hydrogens (tertiary/aromatic N) is 1. The summed E-state index contributed by atoms with van der Waals surface area (Å²) in [5, 5.41) is 2.63. The number of nitrogens with one attached hydrogen (secondary N) is 1. The summed E-state index contributed by atoms with van der Waals surface area (Å²) >= 11 is 1.38. The van der Waals surface area contributed by atoms with Crippen LogP contribution in [-0.4, -0.2) is 16.6 Å². The second-order valence-corrected chi connectivity index (χ2v) is 6.82. The number of carbonyl (C=O) groups is 1. The molecule has 0 aliphatic carbocycles. The zero-order valence-corrected chi connectivity index (χ0v) is 15.5. The van der Waals surface area contributed by atoms with E-state index in [2.05, 4.69) is 10.3 Å². The lowest BCUT2D eigenvalue weighted by atomic mass is 10.2. The smallest absolute Gasteiger partial charge is 0.234 e. The largest absolute Gasteiger partial charge is 0.454 e. The molecule has 0 unspecified atom stereocenters. The van der Waals surface area contributed by atoms with Gasteiger partial charge in [0.2, 0.25) is 5.91 Å². The molecule has 0 spiro atoms. The molecular weight excluding hydrogens is 384 g/mol. The Morgan fingerprint density at radius 2 is 1.89 bits per heavy atom. The van der Waals surface area contributed by atoms with Gasteiger partial charge in [-0.3, -0.25) is 4.79 Å². The number of pyridine rings is 1. The fourth-order valence-electron chi connectivity index (χ4n) is 2.32. The molecule has 3 rings (SSSR count). The normalized spacial score (nSPS) is 10.5. The molecule has 8 heteroatoms. The molecule has 0 radical (unpaired) electrons. The molecule has 5 nitrogen and oxygen atoms in total. The minimum atomic E-state index is -0.618. The highest BCUT2D eigenvalue weighted by molar-refractivity contribution is 7.99. The van der Waals surface area contributed by atoms with Crippen LogP contribution >= 0.6 is 11.8 Å². The van der Waals surface area contributed by atoms with E-state index in [9.17, 15) is 13.6 Å². The third-order valence-corrected chi connectivity index (χ3v) is 4.61. The summed E-state index contributed by atoms with van der Waals surface area (Å²) in [5.41, 5.74) is 6.81. The van der Waals surface area contributed by atoms with Crippen molar-refractivity contribution in [1.82, 2.24) is 4.98 Å². The van der Waals surface area contributed by atoms with Crippen molar-refractivity contribution in [3.63, 3.8) is 0 Å². The van der Waals surface area contributed by atoms with E-state index < -0.39 is 5.82 Å². The number of hydrogen-bond donors (Lipinski definition) is 2. The fraction of sp³-hybridized carbons (Fsp3) is 0.100. The highest BCUT2D eigenvalue weighted by atomic mass is 32.2. The van der Waals surface area contributed by atoms with Gasteiger partial charge in [-0.1, -0.05) is 12.1 Å². The molecule has 2 aromatic carbocycles. The maximum absolute atomic E-state index is 14.2. The molecule has 1 amide bonds. The zero-order valence-electron chi connectivity index (χ0n) is 14.7. The predicted octanol–water partition coefficient (Wildman–Crippen LogP) is 4.61. The first-order valence-electron chi connectivity index (χ1n) is 8.30. The van der Waals surface area contributed by atoms with Crippen molar-refractivity contribution in [3.8, 4) is 11.5 Å². The Hall–Kier alpha value is -3.13. The fourth-order valence-corrected chi connectivity index (χ4v) is 3.11. The predicted molar refractivity (Wildman–Crippen MR) is 106 cm³/mol. The third kappa shape index (κ3) is 5.68. The lowest BCUT2D eigenvalue weighted by Gasteiger charge is -2.10. The molecule has 3 aromatic rings. The van der Waals surface area contributed by atoms with Crippen LogP contribution in [0.15, 0.2) is 60.8 Å². The number of nitrogens with two attached hydrogens (primary N) is 1. The quantitative estimate of drug-likeness (QED) is 0.605. The van der Waals surface area contributed by atoms with E-state index in [1.807, 2.05) is 0 Å². The lowest BCUT2D eigenvalue weighted by Crippen LogP contribution is -2.14. The van der Waals surface area contributed by atoms with Crippen LogP contribution in [0.5, 0.6) is 11.5 Å². The maximum Gasteiger partial charge on any atom is 0.234 e. The minimum absolute atomic E-state index is 0.00860. The van der Waals surface area contributed by atoms with Crippen LogP contribution in [0.1, 0.15) is 5.56 Å². The molecule has 0 saturated heterocycles. The summed E-state index contributed by atoms with van der Waals surface area (Å²) in [6, 6.07) is 13.3.